The van der Waals surface area contributed by atoms with Gasteiger partial charge in [0.2, 0.25) is 0 Å². The van der Waals surface area contributed by atoms with Crippen LogP contribution in [0.25, 0.3) is 0 Å². The molecular weight excluding hydrogens is 260 g/mol. The predicted octanol–water partition coefficient (Wildman–Crippen LogP) is 1.43. The summed E-state index contributed by atoms with van der Waals surface area (Å²) in [4.78, 5) is 24.6. The van der Waals surface area contributed by atoms with E-state index in [1.165, 1.54) is 6.42 Å². The van der Waals surface area contributed by atoms with Crippen LogP contribution in [0, 0.1) is 5.92 Å². The van der Waals surface area contributed by atoms with Crippen LogP contribution >= 0.6 is 0 Å². The van der Waals surface area contributed by atoms with Gasteiger partial charge in [-0.15, -0.1) is 0 Å². The summed E-state index contributed by atoms with van der Waals surface area (Å²) in [7, 11) is 1.71. The van der Waals surface area contributed by atoms with Crippen LogP contribution in [0.4, 0.5) is 4.79 Å². The van der Waals surface area contributed by atoms with E-state index in [9.17, 15) is 9.59 Å². The summed E-state index contributed by atoms with van der Waals surface area (Å²) in [5.41, 5.74) is 0. The van der Waals surface area contributed by atoms with E-state index >= 15 is 0 Å². The van der Waals surface area contributed by atoms with Gasteiger partial charge >= 0.3 is 12.0 Å². The molecule has 1 atom stereocenters. The number of hydrogen-bond donors (Lipinski definition) is 3. The largest absolute Gasteiger partial charge is 0.480 e. The third kappa shape index (κ3) is 4.67. The number of carboxylic acids is 1. The number of carboxylic acid groups (broad SMARTS) is 1. The van der Waals surface area contributed by atoms with E-state index in [1.807, 2.05) is 0 Å². The zero-order chi connectivity index (χ0) is 15.1. The fourth-order valence-electron chi connectivity index (χ4n) is 2.74. The van der Waals surface area contributed by atoms with Gasteiger partial charge < -0.3 is 20.4 Å². The molecule has 3 N–H and O–H groups in total. The Bertz CT molecular complexity index is 327. The molecule has 0 heterocycles. The third-order valence-electron chi connectivity index (χ3n) is 4.28. The van der Waals surface area contributed by atoms with Crippen molar-refractivity contribution in [1.82, 2.24) is 10.2 Å². The molecule has 0 aromatic carbocycles. The lowest BCUT2D eigenvalue weighted by Gasteiger charge is -2.34. The molecule has 1 saturated carbocycles. The monoisotopic (exact) mass is 286 g/mol. The van der Waals surface area contributed by atoms with E-state index in [1.54, 1.807) is 11.9 Å². The number of amides is 2. The first-order valence-corrected chi connectivity index (χ1v) is 7.36. The smallest absolute Gasteiger partial charge is 0.326 e. The maximum Gasteiger partial charge on any atom is 0.326 e. The van der Waals surface area contributed by atoms with Gasteiger partial charge in [0.15, 0.2) is 0 Å². The van der Waals surface area contributed by atoms with E-state index < -0.39 is 12.0 Å². The van der Waals surface area contributed by atoms with Gasteiger partial charge in [0.1, 0.15) is 6.04 Å². The van der Waals surface area contributed by atoms with Crippen molar-refractivity contribution >= 4 is 12.0 Å². The van der Waals surface area contributed by atoms with Gasteiger partial charge in [-0.25, -0.2) is 9.59 Å². The first kappa shape index (κ1) is 16.8. The summed E-state index contributed by atoms with van der Waals surface area (Å²) < 4.78 is 0. The normalized spacial score (nSPS) is 23.9. The van der Waals surface area contributed by atoms with Gasteiger partial charge in [0.25, 0.3) is 0 Å². The zero-order valence-corrected chi connectivity index (χ0v) is 12.3. The highest BCUT2D eigenvalue weighted by atomic mass is 16.4. The second-order valence-electron chi connectivity index (χ2n) is 5.55. The lowest BCUT2D eigenvalue weighted by Crippen LogP contribution is -2.50. The standard InChI is InChI=1S/C14H26N2O4/c1-3-10-4-6-11(7-5-10)16(2)14(20)15-12(8-9-17)13(18)19/h10-12,17H,3-9H2,1-2H3,(H,15,20)(H,18,19). The molecule has 1 fully saturated rings. The van der Waals surface area contributed by atoms with Crippen LogP contribution in [-0.4, -0.2) is 52.9 Å². The van der Waals surface area contributed by atoms with Crippen LogP contribution in [0.2, 0.25) is 0 Å². The van der Waals surface area contributed by atoms with Gasteiger partial charge in [0.05, 0.1) is 0 Å². The maximum atomic E-state index is 12.1. The molecule has 20 heavy (non-hydrogen) atoms. The number of carbonyl (C=O) groups is 2. The summed E-state index contributed by atoms with van der Waals surface area (Å²) in [6.07, 6.45) is 5.40. The molecule has 2 amide bonds. The van der Waals surface area contributed by atoms with Crippen LogP contribution in [0.15, 0.2) is 0 Å². The van der Waals surface area contributed by atoms with Crippen molar-refractivity contribution in [2.24, 2.45) is 5.92 Å². The van der Waals surface area contributed by atoms with Crippen molar-refractivity contribution < 1.29 is 19.8 Å². The van der Waals surface area contributed by atoms with Crippen molar-refractivity contribution in [2.75, 3.05) is 13.7 Å². The van der Waals surface area contributed by atoms with Crippen molar-refractivity contribution in [3.05, 3.63) is 0 Å². The minimum atomic E-state index is -1.12. The van der Waals surface area contributed by atoms with Crippen LogP contribution in [0.1, 0.15) is 45.4 Å². The van der Waals surface area contributed by atoms with Gasteiger partial charge in [-0.1, -0.05) is 13.3 Å². The molecule has 0 aliphatic heterocycles. The Morgan fingerprint density at radius 3 is 2.35 bits per heavy atom. The molecule has 0 spiro atoms. The molecular formula is C14H26N2O4. The molecule has 0 aromatic heterocycles. The maximum absolute atomic E-state index is 12.1. The number of urea groups is 1. The molecule has 1 aliphatic rings. The van der Waals surface area contributed by atoms with E-state index in [4.69, 9.17) is 10.2 Å². The first-order valence-electron chi connectivity index (χ1n) is 7.36. The molecule has 0 saturated heterocycles. The summed E-state index contributed by atoms with van der Waals surface area (Å²) in [5, 5.41) is 20.2. The number of nitrogens with zero attached hydrogens (tertiary/aromatic N) is 1. The quantitative estimate of drug-likeness (QED) is 0.689. The molecule has 0 bridgehead atoms. The highest BCUT2D eigenvalue weighted by Crippen LogP contribution is 2.28. The second-order valence-corrected chi connectivity index (χ2v) is 5.55. The van der Waals surface area contributed by atoms with Crippen LogP contribution in [0.5, 0.6) is 0 Å². The van der Waals surface area contributed by atoms with E-state index in [0.29, 0.717) is 0 Å². The van der Waals surface area contributed by atoms with Crippen LogP contribution < -0.4 is 5.32 Å². The fourth-order valence-corrected chi connectivity index (χ4v) is 2.74. The SMILES string of the molecule is CCC1CCC(N(C)C(=O)NC(CCO)C(=O)O)CC1. The van der Waals surface area contributed by atoms with Crippen LogP contribution in [-0.2, 0) is 4.79 Å². The molecule has 1 rings (SSSR count). The highest BCUT2D eigenvalue weighted by molar-refractivity contribution is 5.82. The minimum absolute atomic E-state index is 0.0253. The van der Waals surface area contributed by atoms with Crippen molar-refractivity contribution in [3.63, 3.8) is 0 Å². The van der Waals surface area contributed by atoms with Gasteiger partial charge in [-0.3, -0.25) is 0 Å². The number of nitrogens with one attached hydrogen (secondary N) is 1. The Hall–Kier alpha value is -1.30. The van der Waals surface area contributed by atoms with Crippen molar-refractivity contribution in [1.29, 1.82) is 0 Å². The van der Waals surface area contributed by atoms with Gasteiger partial charge in [-0.05, 0) is 31.6 Å². The average Bonchev–Trinajstić information content (AvgIpc) is 2.45. The number of carbonyl (C=O) groups excluding carboxylic acids is 1. The third-order valence-corrected chi connectivity index (χ3v) is 4.28. The van der Waals surface area contributed by atoms with Crippen LogP contribution in [0.3, 0.4) is 0 Å². The number of aliphatic hydroxyl groups is 1. The number of rotatable bonds is 6. The highest BCUT2D eigenvalue weighted by Gasteiger charge is 2.28. The molecule has 6 nitrogen and oxygen atoms in total. The summed E-state index contributed by atoms with van der Waals surface area (Å²) in [6.45, 7) is 1.93. The molecule has 116 valence electrons. The molecule has 0 radical (unpaired) electrons. The first-order chi connectivity index (χ1) is 9.49. The fraction of sp³-hybridized carbons (Fsp3) is 0.857. The molecule has 1 unspecified atom stereocenters. The van der Waals surface area contributed by atoms with E-state index in [2.05, 4.69) is 12.2 Å². The summed E-state index contributed by atoms with van der Waals surface area (Å²) in [5.74, 6) is -0.362. The lowest BCUT2D eigenvalue weighted by atomic mass is 9.84. The second kappa shape index (κ2) is 8.09. The molecule has 0 aromatic rings. The molecule has 1 aliphatic carbocycles. The Kier molecular flexibility index (Phi) is 6.78. The van der Waals surface area contributed by atoms with Gasteiger partial charge in [0, 0.05) is 26.1 Å². The summed E-state index contributed by atoms with van der Waals surface area (Å²) in [6, 6.07) is -1.21. The Balaban J connectivity index is 2.48. The average molecular weight is 286 g/mol. The van der Waals surface area contributed by atoms with Gasteiger partial charge in [-0.2, -0.15) is 0 Å². The lowest BCUT2D eigenvalue weighted by molar-refractivity contribution is -0.139. The van der Waals surface area contributed by atoms with Crippen molar-refractivity contribution in [3.8, 4) is 0 Å². The van der Waals surface area contributed by atoms with E-state index in [-0.39, 0.29) is 25.1 Å². The predicted molar refractivity (Wildman–Crippen MR) is 75.5 cm³/mol. The summed E-state index contributed by atoms with van der Waals surface area (Å²) >= 11 is 0. The van der Waals surface area contributed by atoms with Crippen molar-refractivity contribution in [2.45, 2.75) is 57.5 Å². The minimum Gasteiger partial charge on any atom is -0.480 e. The number of aliphatic hydroxyl groups excluding tert-OH is 1. The number of hydrogen-bond acceptors (Lipinski definition) is 3. The Morgan fingerprint density at radius 1 is 1.30 bits per heavy atom. The Morgan fingerprint density at radius 2 is 1.90 bits per heavy atom. The number of aliphatic carboxylic acids is 1. The molecule has 6 heteroatoms. The van der Waals surface area contributed by atoms with E-state index in [0.717, 1.165) is 31.6 Å². The Labute approximate surface area is 120 Å². The zero-order valence-electron chi connectivity index (χ0n) is 12.3. The topological polar surface area (TPSA) is 89.9 Å².